The fraction of sp³-hybridized carbons (Fsp3) is 0.200. The first-order chi connectivity index (χ1) is 9.29. The molecular weight excluding hydrogens is 260 g/mol. The summed E-state index contributed by atoms with van der Waals surface area (Å²) in [6, 6.07) is 11.2. The Morgan fingerprint density at radius 1 is 1.21 bits per heavy atom. The number of carbonyl (C=O) groups excluding carboxylic acids is 1. The standard InChI is InChI=1S/C15H15ClN2O/c16-10-13-3-1-5-14(9-13)15(19)18-8-6-12-4-2-7-17-11-12/h1-5,7,9,11H,6,8,10H2,(H,18,19). The Hall–Kier alpha value is -1.87. The third-order valence-electron chi connectivity index (χ3n) is 2.77. The van der Waals surface area contributed by atoms with E-state index in [1.165, 1.54) is 0 Å². The van der Waals surface area contributed by atoms with Crippen molar-refractivity contribution in [3.05, 3.63) is 65.5 Å². The molecular formula is C15H15ClN2O. The van der Waals surface area contributed by atoms with Crippen molar-refractivity contribution < 1.29 is 4.79 Å². The molecule has 0 bridgehead atoms. The summed E-state index contributed by atoms with van der Waals surface area (Å²) in [5, 5.41) is 2.89. The van der Waals surface area contributed by atoms with Crippen LogP contribution < -0.4 is 5.32 Å². The second kappa shape index (κ2) is 6.90. The predicted octanol–water partition coefficient (Wildman–Crippen LogP) is 2.79. The molecule has 0 saturated heterocycles. The molecule has 0 fully saturated rings. The molecule has 1 N–H and O–H groups in total. The molecule has 0 spiro atoms. The lowest BCUT2D eigenvalue weighted by Gasteiger charge is -2.06. The van der Waals surface area contributed by atoms with Crippen molar-refractivity contribution in [2.45, 2.75) is 12.3 Å². The van der Waals surface area contributed by atoms with Crippen molar-refractivity contribution in [1.82, 2.24) is 10.3 Å². The molecule has 0 aliphatic rings. The number of nitrogens with one attached hydrogen (secondary N) is 1. The largest absolute Gasteiger partial charge is 0.352 e. The summed E-state index contributed by atoms with van der Waals surface area (Å²) in [7, 11) is 0. The number of pyridine rings is 1. The number of benzene rings is 1. The van der Waals surface area contributed by atoms with E-state index < -0.39 is 0 Å². The summed E-state index contributed by atoms with van der Waals surface area (Å²) in [5.74, 6) is 0.340. The average molecular weight is 275 g/mol. The van der Waals surface area contributed by atoms with Crippen LogP contribution in [0.2, 0.25) is 0 Å². The van der Waals surface area contributed by atoms with Gasteiger partial charge in [0.1, 0.15) is 0 Å². The number of nitrogens with zero attached hydrogens (tertiary/aromatic N) is 1. The van der Waals surface area contributed by atoms with Crippen molar-refractivity contribution in [1.29, 1.82) is 0 Å². The molecule has 1 aromatic heterocycles. The molecule has 0 unspecified atom stereocenters. The lowest BCUT2D eigenvalue weighted by molar-refractivity contribution is 0.0954. The number of hydrogen-bond donors (Lipinski definition) is 1. The van der Waals surface area contributed by atoms with Crippen LogP contribution in [0.25, 0.3) is 0 Å². The van der Waals surface area contributed by atoms with Gasteiger partial charge in [-0.2, -0.15) is 0 Å². The smallest absolute Gasteiger partial charge is 0.251 e. The lowest BCUT2D eigenvalue weighted by atomic mass is 10.1. The maximum Gasteiger partial charge on any atom is 0.251 e. The first-order valence-corrected chi connectivity index (χ1v) is 6.65. The predicted molar refractivity (Wildman–Crippen MR) is 76.3 cm³/mol. The van der Waals surface area contributed by atoms with E-state index in [2.05, 4.69) is 10.3 Å². The zero-order chi connectivity index (χ0) is 13.5. The Morgan fingerprint density at radius 2 is 2.05 bits per heavy atom. The number of rotatable bonds is 5. The molecule has 1 amide bonds. The Kier molecular flexibility index (Phi) is 4.93. The van der Waals surface area contributed by atoms with Gasteiger partial charge in [-0.15, -0.1) is 11.6 Å². The van der Waals surface area contributed by atoms with Crippen LogP contribution in [-0.4, -0.2) is 17.4 Å². The van der Waals surface area contributed by atoms with Crippen molar-refractivity contribution >= 4 is 17.5 Å². The number of hydrogen-bond acceptors (Lipinski definition) is 2. The van der Waals surface area contributed by atoms with E-state index in [9.17, 15) is 4.79 Å². The van der Waals surface area contributed by atoms with E-state index in [1.54, 1.807) is 18.5 Å². The van der Waals surface area contributed by atoms with Gasteiger partial charge in [0.25, 0.3) is 5.91 Å². The van der Waals surface area contributed by atoms with E-state index in [-0.39, 0.29) is 5.91 Å². The Bertz CT molecular complexity index is 543. The van der Waals surface area contributed by atoms with Gasteiger partial charge in [0.2, 0.25) is 0 Å². The topological polar surface area (TPSA) is 42.0 Å². The molecule has 0 atom stereocenters. The molecule has 19 heavy (non-hydrogen) atoms. The molecule has 1 heterocycles. The highest BCUT2D eigenvalue weighted by Crippen LogP contribution is 2.07. The molecule has 2 aromatic rings. The Morgan fingerprint density at radius 3 is 2.79 bits per heavy atom. The first kappa shape index (κ1) is 13.6. The van der Waals surface area contributed by atoms with Gasteiger partial charge in [-0.05, 0) is 35.7 Å². The SMILES string of the molecule is O=C(NCCc1cccnc1)c1cccc(CCl)c1. The second-order valence-electron chi connectivity index (χ2n) is 4.20. The number of alkyl halides is 1. The van der Waals surface area contributed by atoms with Gasteiger partial charge >= 0.3 is 0 Å². The van der Waals surface area contributed by atoms with Gasteiger partial charge in [0.05, 0.1) is 0 Å². The lowest BCUT2D eigenvalue weighted by Crippen LogP contribution is -2.25. The summed E-state index contributed by atoms with van der Waals surface area (Å²) in [4.78, 5) is 16.0. The highest BCUT2D eigenvalue weighted by atomic mass is 35.5. The second-order valence-corrected chi connectivity index (χ2v) is 4.47. The maximum atomic E-state index is 11.9. The van der Waals surface area contributed by atoms with Crippen molar-refractivity contribution in [2.75, 3.05) is 6.54 Å². The first-order valence-electron chi connectivity index (χ1n) is 6.11. The highest BCUT2D eigenvalue weighted by molar-refractivity contribution is 6.17. The third kappa shape index (κ3) is 4.07. The van der Waals surface area contributed by atoms with Crippen LogP contribution >= 0.6 is 11.6 Å². The molecule has 98 valence electrons. The Labute approximate surface area is 117 Å². The number of carbonyl (C=O) groups is 1. The summed E-state index contributed by atoms with van der Waals surface area (Å²) in [6.45, 7) is 0.593. The number of halogens is 1. The van der Waals surface area contributed by atoms with Gasteiger partial charge < -0.3 is 5.32 Å². The van der Waals surface area contributed by atoms with Crippen LogP contribution in [0, 0.1) is 0 Å². The molecule has 0 saturated carbocycles. The minimum absolute atomic E-state index is 0.0733. The summed E-state index contributed by atoms with van der Waals surface area (Å²) in [5.41, 5.74) is 2.70. The van der Waals surface area contributed by atoms with Gasteiger partial charge in [-0.1, -0.05) is 18.2 Å². The molecule has 0 aliphatic heterocycles. The third-order valence-corrected chi connectivity index (χ3v) is 3.07. The summed E-state index contributed by atoms with van der Waals surface area (Å²) in [6.07, 6.45) is 4.31. The van der Waals surface area contributed by atoms with E-state index in [1.807, 2.05) is 30.3 Å². The van der Waals surface area contributed by atoms with Crippen LogP contribution in [0.5, 0.6) is 0 Å². The summed E-state index contributed by atoms with van der Waals surface area (Å²) >= 11 is 5.75. The fourth-order valence-corrected chi connectivity index (χ4v) is 1.93. The average Bonchev–Trinajstić information content (AvgIpc) is 2.48. The minimum Gasteiger partial charge on any atom is -0.352 e. The normalized spacial score (nSPS) is 10.2. The number of aromatic nitrogens is 1. The highest BCUT2D eigenvalue weighted by Gasteiger charge is 2.05. The van der Waals surface area contributed by atoms with E-state index >= 15 is 0 Å². The van der Waals surface area contributed by atoms with Gasteiger partial charge in [-0.25, -0.2) is 0 Å². The molecule has 0 aliphatic carbocycles. The molecule has 2 rings (SSSR count). The Balaban J connectivity index is 1.87. The molecule has 1 aromatic carbocycles. The number of amides is 1. The molecule has 4 heteroatoms. The zero-order valence-corrected chi connectivity index (χ0v) is 11.2. The molecule has 0 radical (unpaired) electrons. The van der Waals surface area contributed by atoms with Crippen LogP contribution in [0.3, 0.4) is 0 Å². The minimum atomic E-state index is -0.0733. The van der Waals surface area contributed by atoms with Gasteiger partial charge in [0.15, 0.2) is 0 Å². The monoisotopic (exact) mass is 274 g/mol. The fourth-order valence-electron chi connectivity index (χ4n) is 1.76. The van der Waals surface area contributed by atoms with E-state index in [0.29, 0.717) is 18.0 Å². The van der Waals surface area contributed by atoms with Crippen LogP contribution in [-0.2, 0) is 12.3 Å². The maximum absolute atomic E-state index is 11.9. The quantitative estimate of drug-likeness (QED) is 0.852. The van der Waals surface area contributed by atoms with Crippen LogP contribution in [0.15, 0.2) is 48.8 Å². The van der Waals surface area contributed by atoms with Gasteiger partial charge in [-0.3, -0.25) is 9.78 Å². The van der Waals surface area contributed by atoms with Gasteiger partial charge in [0, 0.05) is 30.4 Å². The van der Waals surface area contributed by atoms with Crippen molar-refractivity contribution in [3.63, 3.8) is 0 Å². The molecule has 3 nitrogen and oxygen atoms in total. The summed E-state index contributed by atoms with van der Waals surface area (Å²) < 4.78 is 0. The van der Waals surface area contributed by atoms with Crippen molar-refractivity contribution in [2.24, 2.45) is 0 Å². The van der Waals surface area contributed by atoms with E-state index in [4.69, 9.17) is 11.6 Å². The van der Waals surface area contributed by atoms with Crippen LogP contribution in [0.1, 0.15) is 21.5 Å². The van der Waals surface area contributed by atoms with E-state index in [0.717, 1.165) is 17.5 Å². The zero-order valence-electron chi connectivity index (χ0n) is 10.5. The van der Waals surface area contributed by atoms with Crippen molar-refractivity contribution in [3.8, 4) is 0 Å². The van der Waals surface area contributed by atoms with Crippen LogP contribution in [0.4, 0.5) is 0 Å².